The molecule has 3 nitrogen and oxygen atoms in total. The molecule has 0 aliphatic heterocycles. The Balaban J connectivity index is 1.92. The average molecular weight is 158 g/mol. The molecule has 0 aromatic carbocycles. The van der Waals surface area contributed by atoms with Gasteiger partial charge in [0.2, 0.25) is 0 Å². The molecular formula is C8H18N2O. The zero-order chi connectivity index (χ0) is 8.10. The van der Waals surface area contributed by atoms with Gasteiger partial charge in [0.15, 0.2) is 0 Å². The SMILES string of the molecule is NC(CCO)CNC1CCC1. The van der Waals surface area contributed by atoms with Gasteiger partial charge in [-0.25, -0.2) is 0 Å². The largest absolute Gasteiger partial charge is 0.396 e. The second kappa shape index (κ2) is 4.70. The van der Waals surface area contributed by atoms with E-state index in [1.54, 1.807) is 0 Å². The van der Waals surface area contributed by atoms with E-state index in [-0.39, 0.29) is 12.6 Å². The van der Waals surface area contributed by atoms with Gasteiger partial charge in [-0.2, -0.15) is 0 Å². The minimum absolute atomic E-state index is 0.126. The molecule has 3 heteroatoms. The summed E-state index contributed by atoms with van der Waals surface area (Å²) in [7, 11) is 0. The molecule has 1 saturated carbocycles. The van der Waals surface area contributed by atoms with Crippen LogP contribution in [0.1, 0.15) is 25.7 Å². The lowest BCUT2D eigenvalue weighted by Crippen LogP contribution is -2.42. The van der Waals surface area contributed by atoms with Crippen molar-refractivity contribution in [2.75, 3.05) is 13.2 Å². The minimum atomic E-state index is 0.126. The van der Waals surface area contributed by atoms with Gasteiger partial charge in [0, 0.05) is 25.2 Å². The van der Waals surface area contributed by atoms with Crippen molar-refractivity contribution in [2.45, 2.75) is 37.8 Å². The summed E-state index contributed by atoms with van der Waals surface area (Å²) in [4.78, 5) is 0. The first-order valence-electron chi connectivity index (χ1n) is 4.42. The maximum absolute atomic E-state index is 8.57. The molecule has 1 fully saturated rings. The number of hydrogen-bond acceptors (Lipinski definition) is 3. The van der Waals surface area contributed by atoms with Gasteiger partial charge in [-0.05, 0) is 19.3 Å². The van der Waals surface area contributed by atoms with Crippen molar-refractivity contribution >= 4 is 0 Å². The number of nitrogens with two attached hydrogens (primary N) is 1. The molecule has 0 saturated heterocycles. The van der Waals surface area contributed by atoms with Crippen LogP contribution in [-0.4, -0.2) is 30.3 Å². The molecule has 0 spiro atoms. The van der Waals surface area contributed by atoms with E-state index in [1.807, 2.05) is 0 Å². The van der Waals surface area contributed by atoms with Crippen LogP contribution in [0.5, 0.6) is 0 Å². The molecule has 0 radical (unpaired) electrons. The van der Waals surface area contributed by atoms with Crippen LogP contribution in [0, 0.1) is 0 Å². The van der Waals surface area contributed by atoms with Gasteiger partial charge in [-0.3, -0.25) is 0 Å². The van der Waals surface area contributed by atoms with Gasteiger partial charge >= 0.3 is 0 Å². The number of hydrogen-bond donors (Lipinski definition) is 3. The van der Waals surface area contributed by atoms with Crippen molar-refractivity contribution in [3.63, 3.8) is 0 Å². The van der Waals surface area contributed by atoms with Crippen molar-refractivity contribution < 1.29 is 5.11 Å². The summed E-state index contributed by atoms with van der Waals surface area (Å²) in [6.45, 7) is 1.05. The number of rotatable bonds is 5. The van der Waals surface area contributed by atoms with Crippen LogP contribution in [0.25, 0.3) is 0 Å². The molecule has 11 heavy (non-hydrogen) atoms. The molecule has 0 aromatic heterocycles. The Bertz CT molecular complexity index is 104. The van der Waals surface area contributed by atoms with Gasteiger partial charge in [0.1, 0.15) is 0 Å². The van der Waals surface area contributed by atoms with Gasteiger partial charge in [-0.15, -0.1) is 0 Å². The van der Waals surface area contributed by atoms with Crippen LogP contribution in [0.2, 0.25) is 0 Å². The predicted octanol–water partition coefficient (Wildman–Crippen LogP) is -0.162. The predicted molar refractivity (Wildman–Crippen MR) is 45.3 cm³/mol. The molecular weight excluding hydrogens is 140 g/mol. The fourth-order valence-corrected chi connectivity index (χ4v) is 1.20. The second-order valence-electron chi connectivity index (χ2n) is 3.31. The van der Waals surface area contributed by atoms with Crippen molar-refractivity contribution in [3.05, 3.63) is 0 Å². The summed E-state index contributed by atoms with van der Waals surface area (Å²) >= 11 is 0. The van der Waals surface area contributed by atoms with E-state index in [9.17, 15) is 0 Å². The summed E-state index contributed by atoms with van der Waals surface area (Å²) in [6, 6.07) is 0.834. The highest BCUT2D eigenvalue weighted by molar-refractivity contribution is 4.78. The van der Waals surface area contributed by atoms with Crippen LogP contribution in [-0.2, 0) is 0 Å². The van der Waals surface area contributed by atoms with Crippen LogP contribution in [0.3, 0.4) is 0 Å². The van der Waals surface area contributed by atoms with Crippen molar-refractivity contribution in [1.82, 2.24) is 5.32 Å². The Hall–Kier alpha value is -0.120. The van der Waals surface area contributed by atoms with E-state index in [4.69, 9.17) is 10.8 Å². The van der Waals surface area contributed by atoms with Crippen LogP contribution in [0.4, 0.5) is 0 Å². The summed E-state index contributed by atoms with van der Waals surface area (Å²) in [5.74, 6) is 0. The monoisotopic (exact) mass is 158 g/mol. The first-order chi connectivity index (χ1) is 5.33. The molecule has 0 amide bonds. The Morgan fingerprint density at radius 3 is 2.73 bits per heavy atom. The zero-order valence-electron chi connectivity index (χ0n) is 6.92. The second-order valence-corrected chi connectivity index (χ2v) is 3.31. The van der Waals surface area contributed by atoms with E-state index in [0.717, 1.165) is 6.54 Å². The smallest absolute Gasteiger partial charge is 0.0446 e. The van der Waals surface area contributed by atoms with E-state index in [0.29, 0.717) is 12.5 Å². The molecule has 1 aliphatic carbocycles. The Kier molecular flexibility index (Phi) is 3.83. The third-order valence-electron chi connectivity index (χ3n) is 2.27. The van der Waals surface area contributed by atoms with Crippen molar-refractivity contribution in [1.29, 1.82) is 0 Å². The van der Waals surface area contributed by atoms with Crippen molar-refractivity contribution in [3.8, 4) is 0 Å². The molecule has 66 valence electrons. The van der Waals surface area contributed by atoms with Gasteiger partial charge < -0.3 is 16.2 Å². The van der Waals surface area contributed by atoms with Crippen molar-refractivity contribution in [2.24, 2.45) is 5.73 Å². The Labute approximate surface area is 68.0 Å². The normalized spacial score (nSPS) is 21.3. The summed E-state index contributed by atoms with van der Waals surface area (Å²) in [5, 5.41) is 11.9. The highest BCUT2D eigenvalue weighted by Crippen LogP contribution is 2.17. The van der Waals surface area contributed by atoms with E-state index in [1.165, 1.54) is 19.3 Å². The molecule has 4 N–H and O–H groups in total. The Morgan fingerprint density at radius 1 is 1.55 bits per heavy atom. The lowest BCUT2D eigenvalue weighted by Gasteiger charge is -2.27. The van der Waals surface area contributed by atoms with E-state index >= 15 is 0 Å². The Morgan fingerprint density at radius 2 is 2.27 bits per heavy atom. The average Bonchev–Trinajstić information content (AvgIpc) is 1.85. The standard InChI is InChI=1S/C8H18N2O/c9-7(4-5-11)6-10-8-2-1-3-8/h7-8,10-11H,1-6,9H2. The number of aliphatic hydroxyl groups excluding tert-OH is 1. The first kappa shape index (κ1) is 8.97. The highest BCUT2D eigenvalue weighted by Gasteiger charge is 2.16. The van der Waals surface area contributed by atoms with Gasteiger partial charge in [-0.1, -0.05) is 6.42 Å². The highest BCUT2D eigenvalue weighted by atomic mass is 16.3. The summed E-state index contributed by atoms with van der Waals surface area (Å²) < 4.78 is 0. The van der Waals surface area contributed by atoms with E-state index < -0.39 is 0 Å². The lowest BCUT2D eigenvalue weighted by molar-refractivity contribution is 0.265. The molecule has 0 aromatic rings. The molecule has 1 unspecified atom stereocenters. The molecule has 1 atom stereocenters. The van der Waals surface area contributed by atoms with Crippen LogP contribution < -0.4 is 11.1 Å². The number of nitrogens with one attached hydrogen (secondary N) is 1. The first-order valence-corrected chi connectivity index (χ1v) is 4.42. The molecule has 0 heterocycles. The third-order valence-corrected chi connectivity index (χ3v) is 2.27. The maximum atomic E-state index is 8.57. The zero-order valence-corrected chi connectivity index (χ0v) is 6.92. The fraction of sp³-hybridized carbons (Fsp3) is 1.00. The lowest BCUT2D eigenvalue weighted by atomic mass is 9.93. The molecule has 1 aliphatic rings. The summed E-state index contributed by atoms with van der Waals surface area (Å²) in [5.41, 5.74) is 5.69. The van der Waals surface area contributed by atoms with Gasteiger partial charge in [0.05, 0.1) is 0 Å². The topological polar surface area (TPSA) is 58.3 Å². The maximum Gasteiger partial charge on any atom is 0.0446 e. The van der Waals surface area contributed by atoms with Crippen LogP contribution in [0.15, 0.2) is 0 Å². The molecule has 1 rings (SSSR count). The fourth-order valence-electron chi connectivity index (χ4n) is 1.20. The van der Waals surface area contributed by atoms with Crippen LogP contribution >= 0.6 is 0 Å². The number of aliphatic hydroxyl groups is 1. The summed E-state index contributed by atoms with van der Waals surface area (Å²) in [6.07, 6.45) is 4.66. The quantitative estimate of drug-likeness (QED) is 0.521. The van der Waals surface area contributed by atoms with E-state index in [2.05, 4.69) is 5.32 Å². The third kappa shape index (κ3) is 3.18. The minimum Gasteiger partial charge on any atom is -0.396 e. The van der Waals surface area contributed by atoms with Gasteiger partial charge in [0.25, 0.3) is 0 Å². The molecule has 0 bridgehead atoms.